The summed E-state index contributed by atoms with van der Waals surface area (Å²) in [5.41, 5.74) is 2.26. The molecule has 0 aliphatic heterocycles. The number of thiophene rings is 1. The molecule has 4 nitrogen and oxygen atoms in total. The number of benzene rings is 3. The summed E-state index contributed by atoms with van der Waals surface area (Å²) in [5, 5.41) is 8.89. The Balaban J connectivity index is 1.57. The van der Waals surface area contributed by atoms with Crippen molar-refractivity contribution in [1.29, 1.82) is 0 Å². The van der Waals surface area contributed by atoms with Gasteiger partial charge in [0.2, 0.25) is 5.91 Å². The second kappa shape index (κ2) is 8.71. The molecular formula is C24H20N2O2S. The van der Waals surface area contributed by atoms with E-state index in [1.54, 1.807) is 35.6 Å². The summed E-state index contributed by atoms with van der Waals surface area (Å²) in [5.74, 6) is -0.507. The average molecular weight is 401 g/mol. The zero-order valence-electron chi connectivity index (χ0n) is 15.7. The van der Waals surface area contributed by atoms with Crippen LogP contribution in [0.25, 0.3) is 10.1 Å². The SMILES string of the molecule is O=C(NC(Cc1ccccc1)C(=O)Nc1cccc2sccc12)c1ccccc1. The lowest BCUT2D eigenvalue weighted by molar-refractivity contribution is -0.118. The molecule has 0 bridgehead atoms. The van der Waals surface area contributed by atoms with Gasteiger partial charge in [0.1, 0.15) is 6.04 Å². The van der Waals surface area contributed by atoms with Crippen molar-refractivity contribution in [2.75, 3.05) is 5.32 Å². The van der Waals surface area contributed by atoms with Gasteiger partial charge in [-0.05, 0) is 41.3 Å². The summed E-state index contributed by atoms with van der Waals surface area (Å²) >= 11 is 1.63. The predicted molar refractivity (Wildman–Crippen MR) is 118 cm³/mol. The van der Waals surface area contributed by atoms with Gasteiger partial charge in [-0.15, -0.1) is 11.3 Å². The third kappa shape index (κ3) is 4.52. The minimum atomic E-state index is -0.695. The van der Waals surface area contributed by atoms with Crippen LogP contribution in [0.15, 0.2) is 90.3 Å². The van der Waals surface area contributed by atoms with Gasteiger partial charge < -0.3 is 10.6 Å². The van der Waals surface area contributed by atoms with Crippen molar-refractivity contribution in [3.63, 3.8) is 0 Å². The van der Waals surface area contributed by atoms with E-state index in [1.807, 2.05) is 66.0 Å². The zero-order chi connectivity index (χ0) is 20.1. The van der Waals surface area contributed by atoms with E-state index in [1.165, 1.54) is 0 Å². The molecule has 0 saturated carbocycles. The monoisotopic (exact) mass is 400 g/mol. The third-order valence-electron chi connectivity index (χ3n) is 4.69. The quantitative estimate of drug-likeness (QED) is 0.485. The first-order chi connectivity index (χ1) is 14.2. The summed E-state index contributed by atoms with van der Waals surface area (Å²) in [7, 11) is 0. The Morgan fingerprint density at radius 3 is 2.31 bits per heavy atom. The lowest BCUT2D eigenvalue weighted by Gasteiger charge is -2.19. The Labute approximate surface area is 173 Å². The van der Waals surface area contributed by atoms with Crippen LogP contribution in [0.3, 0.4) is 0 Å². The van der Waals surface area contributed by atoms with Crippen molar-refractivity contribution in [2.45, 2.75) is 12.5 Å². The Bertz CT molecular complexity index is 1120. The molecule has 2 N–H and O–H groups in total. The van der Waals surface area contributed by atoms with Gasteiger partial charge in [-0.2, -0.15) is 0 Å². The molecule has 3 aromatic carbocycles. The van der Waals surface area contributed by atoms with Gasteiger partial charge in [0.05, 0.1) is 0 Å². The number of carbonyl (C=O) groups excluding carboxylic acids is 2. The smallest absolute Gasteiger partial charge is 0.251 e. The number of anilines is 1. The van der Waals surface area contributed by atoms with E-state index < -0.39 is 6.04 Å². The largest absolute Gasteiger partial charge is 0.340 e. The highest BCUT2D eigenvalue weighted by Gasteiger charge is 2.22. The van der Waals surface area contributed by atoms with Crippen LogP contribution in [-0.2, 0) is 11.2 Å². The number of hydrogen-bond donors (Lipinski definition) is 2. The van der Waals surface area contributed by atoms with Crippen molar-refractivity contribution in [1.82, 2.24) is 5.32 Å². The highest BCUT2D eigenvalue weighted by Crippen LogP contribution is 2.27. The van der Waals surface area contributed by atoms with Crippen LogP contribution < -0.4 is 10.6 Å². The molecule has 0 spiro atoms. The highest BCUT2D eigenvalue weighted by molar-refractivity contribution is 7.17. The molecule has 4 aromatic rings. The summed E-state index contributed by atoms with van der Waals surface area (Å²) in [4.78, 5) is 25.8. The summed E-state index contributed by atoms with van der Waals surface area (Å²) in [6.45, 7) is 0. The van der Waals surface area contributed by atoms with Gasteiger partial charge in [0, 0.05) is 27.8 Å². The Morgan fingerprint density at radius 1 is 0.828 bits per heavy atom. The van der Waals surface area contributed by atoms with E-state index in [4.69, 9.17) is 0 Å². The van der Waals surface area contributed by atoms with E-state index in [0.29, 0.717) is 12.0 Å². The van der Waals surface area contributed by atoms with Crippen molar-refractivity contribution in [2.24, 2.45) is 0 Å². The fourth-order valence-corrected chi connectivity index (χ4v) is 4.03. The predicted octanol–water partition coefficient (Wildman–Crippen LogP) is 4.88. The van der Waals surface area contributed by atoms with Crippen molar-refractivity contribution < 1.29 is 9.59 Å². The summed E-state index contributed by atoms with van der Waals surface area (Å²) in [6.07, 6.45) is 0.408. The molecular weight excluding hydrogens is 380 g/mol. The molecule has 1 unspecified atom stereocenters. The number of amides is 2. The Kier molecular flexibility index (Phi) is 5.68. The standard InChI is InChI=1S/C24H20N2O2S/c27-23(18-10-5-2-6-11-18)26-21(16-17-8-3-1-4-9-17)24(28)25-20-12-7-13-22-19(20)14-15-29-22/h1-15,21H,16H2,(H,25,28)(H,26,27). The first-order valence-corrected chi connectivity index (χ1v) is 10.3. The Morgan fingerprint density at radius 2 is 1.55 bits per heavy atom. The summed E-state index contributed by atoms with van der Waals surface area (Å²) < 4.78 is 1.11. The van der Waals surface area contributed by atoms with E-state index in [-0.39, 0.29) is 11.8 Å². The van der Waals surface area contributed by atoms with Crippen molar-refractivity contribution >= 4 is 38.9 Å². The minimum absolute atomic E-state index is 0.239. The van der Waals surface area contributed by atoms with Gasteiger partial charge in [-0.3, -0.25) is 9.59 Å². The highest BCUT2D eigenvalue weighted by atomic mass is 32.1. The maximum absolute atomic E-state index is 13.1. The summed E-state index contributed by atoms with van der Waals surface area (Å²) in [6, 6.07) is 25.7. The van der Waals surface area contributed by atoms with E-state index in [2.05, 4.69) is 10.6 Å². The lowest BCUT2D eigenvalue weighted by Crippen LogP contribution is -2.45. The molecule has 144 valence electrons. The average Bonchev–Trinajstić information content (AvgIpc) is 3.24. The molecule has 0 aliphatic rings. The minimum Gasteiger partial charge on any atom is -0.340 e. The zero-order valence-corrected chi connectivity index (χ0v) is 16.5. The van der Waals surface area contributed by atoms with Crippen LogP contribution in [0.2, 0.25) is 0 Å². The second-order valence-electron chi connectivity index (χ2n) is 6.71. The first-order valence-electron chi connectivity index (χ1n) is 9.37. The topological polar surface area (TPSA) is 58.2 Å². The van der Waals surface area contributed by atoms with Crippen LogP contribution >= 0.6 is 11.3 Å². The molecule has 0 radical (unpaired) electrons. The van der Waals surface area contributed by atoms with E-state index in [9.17, 15) is 9.59 Å². The van der Waals surface area contributed by atoms with Crippen molar-refractivity contribution in [3.8, 4) is 0 Å². The Hall–Kier alpha value is -3.44. The maximum atomic E-state index is 13.1. The van der Waals surface area contributed by atoms with Gasteiger partial charge >= 0.3 is 0 Å². The fourth-order valence-electron chi connectivity index (χ4n) is 3.21. The van der Waals surface area contributed by atoms with E-state index >= 15 is 0 Å². The van der Waals surface area contributed by atoms with Crippen LogP contribution in [0.1, 0.15) is 15.9 Å². The van der Waals surface area contributed by atoms with Crippen LogP contribution in [0, 0.1) is 0 Å². The number of hydrogen-bond acceptors (Lipinski definition) is 3. The normalized spacial score (nSPS) is 11.7. The molecule has 1 heterocycles. The molecule has 1 aromatic heterocycles. The number of carbonyl (C=O) groups is 2. The molecule has 29 heavy (non-hydrogen) atoms. The number of fused-ring (bicyclic) bond motifs is 1. The molecule has 1 atom stereocenters. The van der Waals surface area contributed by atoms with Gasteiger partial charge in [0.25, 0.3) is 5.91 Å². The van der Waals surface area contributed by atoms with Gasteiger partial charge in [-0.1, -0.05) is 54.6 Å². The number of nitrogens with one attached hydrogen (secondary N) is 2. The van der Waals surface area contributed by atoms with E-state index in [0.717, 1.165) is 21.3 Å². The van der Waals surface area contributed by atoms with Crippen LogP contribution in [0.5, 0.6) is 0 Å². The molecule has 2 amide bonds. The van der Waals surface area contributed by atoms with Gasteiger partial charge in [-0.25, -0.2) is 0 Å². The lowest BCUT2D eigenvalue weighted by atomic mass is 10.0. The molecule has 0 fully saturated rings. The van der Waals surface area contributed by atoms with Crippen LogP contribution in [-0.4, -0.2) is 17.9 Å². The molecule has 4 rings (SSSR count). The molecule has 0 aliphatic carbocycles. The first kappa shape index (κ1) is 18.9. The third-order valence-corrected chi connectivity index (χ3v) is 5.58. The maximum Gasteiger partial charge on any atom is 0.251 e. The fraction of sp³-hybridized carbons (Fsp3) is 0.0833. The van der Waals surface area contributed by atoms with Crippen molar-refractivity contribution in [3.05, 3.63) is 101 Å². The van der Waals surface area contributed by atoms with Crippen LogP contribution in [0.4, 0.5) is 5.69 Å². The van der Waals surface area contributed by atoms with Gasteiger partial charge in [0.15, 0.2) is 0 Å². The second-order valence-corrected chi connectivity index (χ2v) is 7.66. The molecule has 0 saturated heterocycles. The molecule has 5 heteroatoms. The number of rotatable bonds is 6.